The Morgan fingerprint density at radius 1 is 1.21 bits per heavy atom. The predicted octanol–water partition coefficient (Wildman–Crippen LogP) is 2.26. The molecule has 1 aliphatic rings. The number of anilines is 1. The molecule has 7 nitrogen and oxygen atoms in total. The van der Waals surface area contributed by atoms with Crippen LogP contribution in [0.3, 0.4) is 0 Å². The molecule has 0 fully saturated rings. The first kappa shape index (κ1) is 21.6. The van der Waals surface area contributed by atoms with E-state index in [0.717, 1.165) is 39.8 Å². The van der Waals surface area contributed by atoms with Gasteiger partial charge in [-0.15, -0.1) is 0 Å². The number of aryl methyl sites for hydroxylation is 2. The van der Waals surface area contributed by atoms with Crippen LogP contribution in [0.15, 0.2) is 29.4 Å². The number of thioether (sulfide) groups is 1. The zero-order valence-corrected chi connectivity index (χ0v) is 18.6. The van der Waals surface area contributed by atoms with Gasteiger partial charge in [-0.2, -0.15) is 0 Å². The number of carbonyl (C=O) groups excluding carboxylic acids is 1. The van der Waals surface area contributed by atoms with Crippen LogP contribution in [0.4, 0.5) is 5.69 Å². The van der Waals surface area contributed by atoms with Crippen molar-refractivity contribution in [2.75, 3.05) is 29.4 Å². The van der Waals surface area contributed by atoms with E-state index in [9.17, 15) is 13.2 Å². The summed E-state index contributed by atoms with van der Waals surface area (Å²) in [5, 5.41) is 3.45. The van der Waals surface area contributed by atoms with Gasteiger partial charge in [-0.3, -0.25) is 9.10 Å². The Balaban J connectivity index is 1.50. The molecule has 156 valence electrons. The Bertz CT molecular complexity index is 986. The first-order valence-electron chi connectivity index (χ1n) is 9.55. The van der Waals surface area contributed by atoms with Gasteiger partial charge in [0.25, 0.3) is 0 Å². The van der Waals surface area contributed by atoms with E-state index in [-0.39, 0.29) is 24.6 Å². The summed E-state index contributed by atoms with van der Waals surface area (Å²) in [6, 6.07) is 7.53. The fraction of sp³-hybridized carbons (Fsp3) is 0.450. The molecule has 0 bridgehead atoms. The molecule has 1 aromatic heterocycles. The molecule has 2 heterocycles. The topological polar surface area (TPSA) is 92.3 Å². The number of fused-ring (bicyclic) bond motifs is 1. The van der Waals surface area contributed by atoms with Crippen molar-refractivity contribution in [2.45, 2.75) is 38.3 Å². The molecule has 1 N–H and O–H groups in total. The van der Waals surface area contributed by atoms with Gasteiger partial charge in [-0.05, 0) is 50.1 Å². The Kier molecular flexibility index (Phi) is 6.79. The highest BCUT2D eigenvalue weighted by atomic mass is 32.2. The number of benzene rings is 1. The van der Waals surface area contributed by atoms with E-state index in [2.05, 4.69) is 15.3 Å². The Morgan fingerprint density at radius 2 is 1.90 bits per heavy atom. The zero-order chi connectivity index (χ0) is 21.0. The molecule has 1 amide bonds. The van der Waals surface area contributed by atoms with Crippen LogP contribution >= 0.6 is 11.8 Å². The van der Waals surface area contributed by atoms with Crippen molar-refractivity contribution in [3.8, 4) is 0 Å². The van der Waals surface area contributed by atoms with Crippen LogP contribution in [-0.2, 0) is 27.7 Å². The lowest BCUT2D eigenvalue weighted by atomic mass is 10.1. The maximum atomic E-state index is 12.7. The van der Waals surface area contributed by atoms with Crippen molar-refractivity contribution in [3.63, 3.8) is 0 Å². The molecule has 29 heavy (non-hydrogen) atoms. The number of aromatic nitrogens is 2. The Hall–Kier alpha value is -2.13. The molecular formula is C20H26N4O3S2. The third kappa shape index (κ3) is 5.08. The maximum Gasteiger partial charge on any atom is 0.236 e. The highest BCUT2D eigenvalue weighted by Crippen LogP contribution is 2.29. The van der Waals surface area contributed by atoms with Gasteiger partial charge in [0.05, 0.1) is 11.4 Å². The highest BCUT2D eigenvalue weighted by Gasteiger charge is 2.28. The average Bonchev–Trinajstić information content (AvgIpc) is 3.12. The van der Waals surface area contributed by atoms with Crippen LogP contribution in [0, 0.1) is 13.8 Å². The van der Waals surface area contributed by atoms with Gasteiger partial charge in [0.15, 0.2) is 5.16 Å². The molecule has 1 aromatic carbocycles. The van der Waals surface area contributed by atoms with Gasteiger partial charge in [0.1, 0.15) is 0 Å². The SMILES string of the molecule is CSc1nc(C)c(CCC(=O)NCCS(=O)(=O)N2CCc3ccccc32)c(C)n1. The second kappa shape index (κ2) is 9.13. The van der Waals surface area contributed by atoms with Crippen LogP contribution in [-0.4, -0.2) is 49.4 Å². The molecule has 0 atom stereocenters. The fourth-order valence-electron chi connectivity index (χ4n) is 3.52. The van der Waals surface area contributed by atoms with Crippen molar-refractivity contribution in [3.05, 3.63) is 46.8 Å². The van der Waals surface area contributed by atoms with Crippen LogP contribution in [0.1, 0.15) is 28.9 Å². The summed E-state index contributed by atoms with van der Waals surface area (Å²) < 4.78 is 26.8. The summed E-state index contributed by atoms with van der Waals surface area (Å²) in [4.78, 5) is 21.0. The van der Waals surface area contributed by atoms with E-state index in [4.69, 9.17) is 0 Å². The van der Waals surface area contributed by atoms with Crippen LogP contribution in [0.2, 0.25) is 0 Å². The molecule has 0 spiro atoms. The zero-order valence-electron chi connectivity index (χ0n) is 16.9. The predicted molar refractivity (Wildman–Crippen MR) is 116 cm³/mol. The quantitative estimate of drug-likeness (QED) is 0.506. The lowest BCUT2D eigenvalue weighted by molar-refractivity contribution is -0.120. The largest absolute Gasteiger partial charge is 0.355 e. The van der Waals surface area contributed by atoms with E-state index in [1.54, 1.807) is 0 Å². The number of rotatable bonds is 8. The molecule has 0 saturated heterocycles. The summed E-state index contributed by atoms with van der Waals surface area (Å²) in [5.74, 6) is -0.286. The third-order valence-electron chi connectivity index (χ3n) is 5.05. The number of amides is 1. The second-order valence-corrected chi connectivity index (χ2v) is 9.76. The Labute approximate surface area is 176 Å². The molecule has 1 aliphatic heterocycles. The molecular weight excluding hydrogens is 408 g/mol. The smallest absolute Gasteiger partial charge is 0.236 e. The minimum Gasteiger partial charge on any atom is -0.355 e. The normalized spacial score (nSPS) is 13.4. The molecule has 3 rings (SSSR count). The van der Waals surface area contributed by atoms with Crippen molar-refractivity contribution in [1.29, 1.82) is 0 Å². The number of nitrogens with zero attached hydrogens (tertiary/aromatic N) is 3. The minimum atomic E-state index is -3.46. The van der Waals surface area contributed by atoms with E-state index < -0.39 is 10.0 Å². The molecule has 0 unspecified atom stereocenters. The van der Waals surface area contributed by atoms with E-state index in [0.29, 0.717) is 13.0 Å². The first-order chi connectivity index (χ1) is 13.8. The molecule has 0 aliphatic carbocycles. The lowest BCUT2D eigenvalue weighted by Gasteiger charge is -2.19. The van der Waals surface area contributed by atoms with Crippen LogP contribution in [0.25, 0.3) is 0 Å². The van der Waals surface area contributed by atoms with Gasteiger partial charge in [0.2, 0.25) is 15.9 Å². The monoisotopic (exact) mass is 434 g/mol. The van der Waals surface area contributed by atoms with Crippen molar-refractivity contribution in [1.82, 2.24) is 15.3 Å². The van der Waals surface area contributed by atoms with E-state index in [1.807, 2.05) is 44.4 Å². The van der Waals surface area contributed by atoms with Crippen LogP contribution < -0.4 is 9.62 Å². The van der Waals surface area contributed by atoms with E-state index in [1.165, 1.54) is 16.1 Å². The number of para-hydroxylation sites is 1. The van der Waals surface area contributed by atoms with Gasteiger partial charge in [-0.25, -0.2) is 18.4 Å². The maximum absolute atomic E-state index is 12.7. The van der Waals surface area contributed by atoms with Crippen molar-refractivity contribution >= 4 is 33.4 Å². The second-order valence-electron chi connectivity index (χ2n) is 6.98. The average molecular weight is 435 g/mol. The summed E-state index contributed by atoms with van der Waals surface area (Å²) in [6.45, 7) is 4.39. The molecule has 0 radical (unpaired) electrons. The summed E-state index contributed by atoms with van der Waals surface area (Å²) in [6.07, 6.45) is 3.45. The number of hydrogen-bond donors (Lipinski definition) is 1. The van der Waals surface area contributed by atoms with Gasteiger partial charge in [-0.1, -0.05) is 30.0 Å². The van der Waals surface area contributed by atoms with Gasteiger partial charge >= 0.3 is 0 Å². The lowest BCUT2D eigenvalue weighted by Crippen LogP contribution is -2.37. The molecule has 9 heteroatoms. The first-order valence-corrected chi connectivity index (χ1v) is 12.4. The minimum absolute atomic E-state index is 0.0969. The van der Waals surface area contributed by atoms with Crippen LogP contribution in [0.5, 0.6) is 0 Å². The molecule has 2 aromatic rings. The number of hydrogen-bond acceptors (Lipinski definition) is 6. The number of sulfonamides is 1. The van der Waals surface area contributed by atoms with Gasteiger partial charge in [0, 0.05) is 30.9 Å². The van der Waals surface area contributed by atoms with Gasteiger partial charge < -0.3 is 5.32 Å². The standard InChI is InChI=1S/C20H26N4O3S2/c1-14-17(15(2)23-20(22-14)28-3)8-9-19(25)21-11-13-29(26,27)24-12-10-16-6-4-5-7-18(16)24/h4-7H,8-13H2,1-3H3,(H,21,25). The van der Waals surface area contributed by atoms with Crippen molar-refractivity contribution < 1.29 is 13.2 Å². The molecule has 0 saturated carbocycles. The fourth-order valence-corrected chi connectivity index (χ4v) is 5.40. The number of carbonyl (C=O) groups is 1. The third-order valence-corrected chi connectivity index (χ3v) is 7.37. The summed E-state index contributed by atoms with van der Waals surface area (Å²) >= 11 is 1.49. The highest BCUT2D eigenvalue weighted by molar-refractivity contribution is 7.98. The van der Waals surface area contributed by atoms with Crippen molar-refractivity contribution in [2.24, 2.45) is 0 Å². The number of nitrogens with one attached hydrogen (secondary N) is 1. The summed E-state index contributed by atoms with van der Waals surface area (Å²) in [5.41, 5.74) is 4.52. The van der Waals surface area contributed by atoms with E-state index >= 15 is 0 Å². The summed E-state index contributed by atoms with van der Waals surface area (Å²) in [7, 11) is -3.46. The Morgan fingerprint density at radius 3 is 2.59 bits per heavy atom.